The summed E-state index contributed by atoms with van der Waals surface area (Å²) in [5, 5.41) is 2.99. The standard InChI is InChI=1S/C13H16N6/c1-14-12-16-11(10-5-4-6-15-9-10)17-13(18-12)19-7-2-3-8-19/h4-6,9H,2-3,7-8H2,1H3,(H,14,16,17,18). The Labute approximate surface area is 111 Å². The molecule has 1 aliphatic rings. The summed E-state index contributed by atoms with van der Waals surface area (Å²) >= 11 is 0. The molecule has 0 aliphatic carbocycles. The largest absolute Gasteiger partial charge is 0.357 e. The van der Waals surface area contributed by atoms with Crippen LogP contribution in [0.5, 0.6) is 0 Å². The van der Waals surface area contributed by atoms with Gasteiger partial charge >= 0.3 is 0 Å². The van der Waals surface area contributed by atoms with Gasteiger partial charge in [-0.1, -0.05) is 0 Å². The molecule has 2 aromatic rings. The molecule has 1 fully saturated rings. The summed E-state index contributed by atoms with van der Waals surface area (Å²) in [5.41, 5.74) is 0.904. The number of nitrogens with one attached hydrogen (secondary N) is 1. The third-order valence-electron chi connectivity index (χ3n) is 3.16. The number of rotatable bonds is 3. The first-order valence-electron chi connectivity index (χ1n) is 6.46. The van der Waals surface area contributed by atoms with Crippen molar-refractivity contribution >= 4 is 11.9 Å². The minimum Gasteiger partial charge on any atom is -0.357 e. The second kappa shape index (κ2) is 5.17. The van der Waals surface area contributed by atoms with Crippen molar-refractivity contribution in [2.24, 2.45) is 0 Å². The Bertz CT molecular complexity index is 550. The Morgan fingerprint density at radius 2 is 2.00 bits per heavy atom. The van der Waals surface area contributed by atoms with Crippen LogP contribution in [0.15, 0.2) is 24.5 Å². The van der Waals surface area contributed by atoms with E-state index in [1.807, 2.05) is 19.2 Å². The molecule has 98 valence electrons. The van der Waals surface area contributed by atoms with E-state index in [0.29, 0.717) is 11.8 Å². The maximum Gasteiger partial charge on any atom is 0.230 e. The van der Waals surface area contributed by atoms with Crippen LogP contribution in [-0.2, 0) is 0 Å². The van der Waals surface area contributed by atoms with Crippen LogP contribution in [0, 0.1) is 0 Å². The summed E-state index contributed by atoms with van der Waals surface area (Å²) in [6, 6.07) is 3.84. The van der Waals surface area contributed by atoms with Crippen LogP contribution in [0.4, 0.5) is 11.9 Å². The third kappa shape index (κ3) is 2.47. The van der Waals surface area contributed by atoms with E-state index in [-0.39, 0.29) is 0 Å². The summed E-state index contributed by atoms with van der Waals surface area (Å²) in [6.07, 6.45) is 5.90. The van der Waals surface area contributed by atoms with Gasteiger partial charge in [-0.2, -0.15) is 15.0 Å². The summed E-state index contributed by atoms with van der Waals surface area (Å²) < 4.78 is 0. The molecule has 0 radical (unpaired) electrons. The molecule has 1 N–H and O–H groups in total. The number of hydrogen-bond acceptors (Lipinski definition) is 6. The van der Waals surface area contributed by atoms with Gasteiger partial charge in [-0.3, -0.25) is 4.98 Å². The molecular formula is C13H16N6. The molecule has 0 atom stereocenters. The Morgan fingerprint density at radius 3 is 2.68 bits per heavy atom. The lowest BCUT2D eigenvalue weighted by atomic mass is 10.3. The van der Waals surface area contributed by atoms with Crippen LogP contribution in [0.3, 0.4) is 0 Å². The maximum atomic E-state index is 4.56. The van der Waals surface area contributed by atoms with Gasteiger partial charge in [0.25, 0.3) is 0 Å². The third-order valence-corrected chi connectivity index (χ3v) is 3.16. The van der Waals surface area contributed by atoms with Crippen molar-refractivity contribution in [1.29, 1.82) is 0 Å². The maximum absolute atomic E-state index is 4.56. The van der Waals surface area contributed by atoms with Crippen LogP contribution in [0.2, 0.25) is 0 Å². The van der Waals surface area contributed by atoms with E-state index in [1.165, 1.54) is 12.8 Å². The van der Waals surface area contributed by atoms with E-state index in [1.54, 1.807) is 12.4 Å². The van der Waals surface area contributed by atoms with Crippen molar-refractivity contribution in [3.63, 3.8) is 0 Å². The Kier molecular flexibility index (Phi) is 3.22. The molecular weight excluding hydrogens is 240 g/mol. The van der Waals surface area contributed by atoms with Crippen LogP contribution in [0.25, 0.3) is 11.4 Å². The monoisotopic (exact) mass is 256 g/mol. The van der Waals surface area contributed by atoms with E-state index in [0.717, 1.165) is 24.6 Å². The fourth-order valence-electron chi connectivity index (χ4n) is 2.16. The normalized spacial score (nSPS) is 14.7. The molecule has 6 heteroatoms. The highest BCUT2D eigenvalue weighted by Gasteiger charge is 2.17. The molecule has 1 saturated heterocycles. The highest BCUT2D eigenvalue weighted by Crippen LogP contribution is 2.21. The van der Waals surface area contributed by atoms with Gasteiger partial charge in [0.15, 0.2) is 5.82 Å². The molecule has 2 aromatic heterocycles. The quantitative estimate of drug-likeness (QED) is 0.899. The molecule has 0 aromatic carbocycles. The van der Waals surface area contributed by atoms with E-state index in [4.69, 9.17) is 0 Å². The molecule has 3 heterocycles. The van der Waals surface area contributed by atoms with Gasteiger partial charge < -0.3 is 10.2 Å². The molecule has 0 bridgehead atoms. The SMILES string of the molecule is CNc1nc(-c2cccnc2)nc(N2CCCC2)n1. The van der Waals surface area contributed by atoms with Gasteiger partial charge in [-0.15, -0.1) is 0 Å². The average Bonchev–Trinajstić information content (AvgIpc) is 3.02. The van der Waals surface area contributed by atoms with Gasteiger partial charge in [0.05, 0.1) is 0 Å². The van der Waals surface area contributed by atoms with Crippen LogP contribution in [-0.4, -0.2) is 40.1 Å². The van der Waals surface area contributed by atoms with Crippen molar-refractivity contribution < 1.29 is 0 Å². The molecule has 6 nitrogen and oxygen atoms in total. The van der Waals surface area contributed by atoms with E-state index >= 15 is 0 Å². The van der Waals surface area contributed by atoms with Crippen LogP contribution < -0.4 is 10.2 Å². The zero-order chi connectivity index (χ0) is 13.1. The predicted octanol–water partition coefficient (Wildman–Crippen LogP) is 1.58. The molecule has 0 amide bonds. The lowest BCUT2D eigenvalue weighted by Gasteiger charge is -2.16. The summed E-state index contributed by atoms with van der Waals surface area (Å²) in [6.45, 7) is 2.03. The molecule has 1 aliphatic heterocycles. The minimum absolute atomic E-state index is 0.593. The van der Waals surface area contributed by atoms with Crippen molar-refractivity contribution in [3.05, 3.63) is 24.5 Å². The zero-order valence-corrected chi connectivity index (χ0v) is 10.9. The summed E-state index contributed by atoms with van der Waals surface area (Å²) in [5.74, 6) is 2.00. The zero-order valence-electron chi connectivity index (χ0n) is 10.9. The van der Waals surface area contributed by atoms with Crippen LogP contribution >= 0.6 is 0 Å². The number of hydrogen-bond donors (Lipinski definition) is 1. The Morgan fingerprint density at radius 1 is 1.16 bits per heavy atom. The van der Waals surface area contributed by atoms with Crippen LogP contribution in [0.1, 0.15) is 12.8 Å². The molecule has 0 saturated carbocycles. The van der Waals surface area contributed by atoms with Crippen molar-refractivity contribution in [2.75, 3.05) is 30.4 Å². The van der Waals surface area contributed by atoms with Gasteiger partial charge in [0.2, 0.25) is 11.9 Å². The number of nitrogens with zero attached hydrogens (tertiary/aromatic N) is 5. The smallest absolute Gasteiger partial charge is 0.230 e. The number of anilines is 2. The van der Waals surface area contributed by atoms with Crippen molar-refractivity contribution in [1.82, 2.24) is 19.9 Å². The highest BCUT2D eigenvalue weighted by molar-refractivity contribution is 5.57. The van der Waals surface area contributed by atoms with Gasteiger partial charge in [0.1, 0.15) is 0 Å². The highest BCUT2D eigenvalue weighted by atomic mass is 15.3. The van der Waals surface area contributed by atoms with Crippen molar-refractivity contribution in [2.45, 2.75) is 12.8 Å². The Hall–Kier alpha value is -2.24. The summed E-state index contributed by atoms with van der Waals surface area (Å²) in [4.78, 5) is 19.7. The molecule has 3 rings (SSSR count). The fraction of sp³-hybridized carbons (Fsp3) is 0.385. The van der Waals surface area contributed by atoms with Gasteiger partial charge in [0, 0.05) is 38.1 Å². The average molecular weight is 256 g/mol. The van der Waals surface area contributed by atoms with Gasteiger partial charge in [-0.25, -0.2) is 0 Å². The summed E-state index contributed by atoms with van der Waals surface area (Å²) in [7, 11) is 1.82. The predicted molar refractivity (Wildman–Crippen MR) is 74.1 cm³/mol. The first kappa shape index (κ1) is 11.8. The second-order valence-electron chi connectivity index (χ2n) is 4.47. The minimum atomic E-state index is 0.593. The molecule has 0 unspecified atom stereocenters. The lowest BCUT2D eigenvalue weighted by molar-refractivity contribution is 0.884. The van der Waals surface area contributed by atoms with E-state index in [9.17, 15) is 0 Å². The van der Waals surface area contributed by atoms with E-state index in [2.05, 4.69) is 30.2 Å². The van der Waals surface area contributed by atoms with Crippen molar-refractivity contribution in [3.8, 4) is 11.4 Å². The molecule has 0 spiro atoms. The topological polar surface area (TPSA) is 66.8 Å². The second-order valence-corrected chi connectivity index (χ2v) is 4.47. The van der Waals surface area contributed by atoms with Gasteiger partial charge in [-0.05, 0) is 25.0 Å². The number of pyridine rings is 1. The fourth-order valence-corrected chi connectivity index (χ4v) is 2.16. The number of aromatic nitrogens is 4. The molecule has 19 heavy (non-hydrogen) atoms. The first-order chi connectivity index (χ1) is 9.36. The first-order valence-corrected chi connectivity index (χ1v) is 6.46. The Balaban J connectivity index is 2.02. The van der Waals surface area contributed by atoms with E-state index < -0.39 is 0 Å². The lowest BCUT2D eigenvalue weighted by Crippen LogP contribution is -2.21.